The molecule has 1 aromatic carbocycles. The zero-order valence-corrected chi connectivity index (χ0v) is 86.6. The maximum atomic E-state index is 14.6. The van der Waals surface area contributed by atoms with Crippen LogP contribution < -0.4 is 147 Å². The highest BCUT2D eigenvalue weighted by molar-refractivity contribution is 6.02. The number of phenolic OH excluding ortho intramolecular Hbond substituents is 1. The number of hydrogen-bond acceptors (Lipinski definition) is 31. The Morgan fingerprint density at radius 3 is 1.07 bits per heavy atom. The Morgan fingerprint density at radius 1 is 0.349 bits per heavy atom. The molecule has 40 N–H and O–H groups in total. The molecule has 1 aromatic rings. The van der Waals surface area contributed by atoms with E-state index in [4.69, 9.17) is 51.3 Å². The molecule has 1 fully saturated rings. The first kappa shape index (κ1) is 131. The van der Waals surface area contributed by atoms with Crippen LogP contribution in [0.15, 0.2) is 24.3 Å². The average Bonchev–Trinajstić information content (AvgIpc) is 1.66. The van der Waals surface area contributed by atoms with Crippen molar-refractivity contribution < 1.29 is 126 Å². The van der Waals surface area contributed by atoms with Crippen molar-refractivity contribution in [2.24, 2.45) is 57.7 Å². The van der Waals surface area contributed by atoms with Crippen molar-refractivity contribution in [2.45, 2.75) is 338 Å². The van der Waals surface area contributed by atoms with E-state index in [0.29, 0.717) is 50.5 Å². The first-order valence-corrected chi connectivity index (χ1v) is 50.6. The molecule has 19 amide bonds. The summed E-state index contributed by atoms with van der Waals surface area (Å²) in [5.74, 6) is -23.4. The van der Waals surface area contributed by atoms with Crippen molar-refractivity contribution >= 4 is 136 Å². The molecule has 1 aliphatic heterocycles. The lowest BCUT2D eigenvalue weighted by Gasteiger charge is -2.30. The number of carbonyl (C=O) groups is 22. The second kappa shape index (κ2) is 71.1. The minimum Gasteiger partial charge on any atom is -0.508 e. The number of benzene rings is 1. The maximum absolute atomic E-state index is 14.6. The summed E-state index contributed by atoms with van der Waals surface area (Å²) in [6.07, 6.45) is 1.68. The van der Waals surface area contributed by atoms with Crippen LogP contribution in [0.3, 0.4) is 0 Å². The number of nitrogens with one attached hydrogen (secondary N) is 20. The molecular weight excluding hydrogens is 1950 g/mol. The predicted molar refractivity (Wildman–Crippen MR) is 543 cm³/mol. The first-order chi connectivity index (χ1) is 70.4. The van der Waals surface area contributed by atoms with Crippen LogP contribution in [-0.2, 0) is 112 Å². The zero-order valence-electron chi connectivity index (χ0n) is 86.6. The summed E-state index contributed by atoms with van der Waals surface area (Å²) in [5.41, 5.74) is 46.2. The van der Waals surface area contributed by atoms with E-state index >= 15 is 0 Å². The van der Waals surface area contributed by atoms with Crippen molar-refractivity contribution in [2.75, 3.05) is 65.4 Å². The number of aliphatic carboxylic acids is 3. The lowest BCUT2D eigenvalue weighted by atomic mass is 9.99. The summed E-state index contributed by atoms with van der Waals surface area (Å²) in [6, 6.07) is -19.7. The Labute approximate surface area is 866 Å². The lowest BCUT2D eigenvalue weighted by Crippen LogP contribution is -2.60. The summed E-state index contributed by atoms with van der Waals surface area (Å²) < 4.78 is 0. The van der Waals surface area contributed by atoms with Gasteiger partial charge in [0.25, 0.3) is 0 Å². The number of carbonyl (C=O) groups excluding carboxylic acids is 19. The smallest absolute Gasteiger partial charge is 0.326 e. The van der Waals surface area contributed by atoms with Gasteiger partial charge in [0.2, 0.25) is 112 Å². The SMILES string of the molecule is CC(C)[C@H](NC(=O)CNC(=O)[C@H](CCCCN)NC(=O)[C@H](CCCCN)NC(=O)[C@H](C)NC(=O)[C@H](C)NC(=O)[C@H](CC(=O)O)NC(=O)[C@@H]1CCCN1C(=O)[C@H](CCCCN)NC(=O)CNC(=O)[C@H](CCCCN)NC(=O)[C@H](C)NC(=O)[C@H](CCCNC(=N)N)NC(=O)[C@H](Cc1ccc(O)cc1)NC(=O)[C@H](C)N)C(=O)N[C@H](C(=O)N[C@@H](CCCCN)C(=O)N[C@@H](C)C(=O)N[C@@H](CCC(=O)O)C(=O)N[C@@H](CCCCN)C(=O)O)C(C)C. The highest BCUT2D eigenvalue weighted by Gasteiger charge is 2.43. The van der Waals surface area contributed by atoms with Crippen molar-refractivity contribution in [3.05, 3.63) is 29.8 Å². The normalized spacial score (nSPS) is 15.6. The topological polar surface area (TPSA) is 920 Å². The number of aromatic hydroxyl groups is 1. The van der Waals surface area contributed by atoms with Crippen LogP contribution in [0.1, 0.15) is 228 Å². The number of nitrogens with zero attached hydrogens (tertiary/aromatic N) is 1. The van der Waals surface area contributed by atoms with E-state index in [1.54, 1.807) is 27.7 Å². The zero-order chi connectivity index (χ0) is 112. The van der Waals surface area contributed by atoms with Crippen LogP contribution in [-0.4, -0.2) is 336 Å². The Bertz CT molecular complexity index is 4570. The molecule has 55 nitrogen and oxygen atoms in total. The van der Waals surface area contributed by atoms with Crippen LogP contribution in [0, 0.1) is 17.2 Å². The van der Waals surface area contributed by atoms with Gasteiger partial charge in [-0.25, -0.2) is 4.79 Å². The molecule has 0 aromatic heterocycles. The number of rotatable bonds is 75. The van der Waals surface area contributed by atoms with Gasteiger partial charge in [0.1, 0.15) is 108 Å². The minimum absolute atomic E-state index is 0.0197. The summed E-state index contributed by atoms with van der Waals surface area (Å²) >= 11 is 0. The van der Waals surface area contributed by atoms with Gasteiger partial charge < -0.3 is 172 Å². The Morgan fingerprint density at radius 2 is 0.678 bits per heavy atom. The quantitative estimate of drug-likeness (QED) is 0.0164. The highest BCUT2D eigenvalue weighted by atomic mass is 16.4. The molecule has 0 bridgehead atoms. The fourth-order valence-electron chi connectivity index (χ4n) is 15.3. The van der Waals surface area contributed by atoms with Gasteiger partial charge in [-0.2, -0.15) is 0 Å². The van der Waals surface area contributed by atoms with Gasteiger partial charge in [0, 0.05) is 25.9 Å². The predicted octanol–water partition coefficient (Wildman–Crippen LogP) is -8.88. The van der Waals surface area contributed by atoms with Crippen LogP contribution in [0.5, 0.6) is 5.75 Å². The summed E-state index contributed by atoms with van der Waals surface area (Å²) in [6.45, 7) is 12.2. The molecule has 0 saturated carbocycles. The van der Waals surface area contributed by atoms with Gasteiger partial charge in [0.15, 0.2) is 5.96 Å². The number of likely N-dealkylation sites (tertiary alicyclic amines) is 1. The van der Waals surface area contributed by atoms with Crippen molar-refractivity contribution in [1.82, 2.24) is 106 Å². The molecule has 0 radical (unpaired) electrons. The van der Waals surface area contributed by atoms with Gasteiger partial charge >= 0.3 is 17.9 Å². The number of nitrogens with two attached hydrogens (primary N) is 8. The third-order valence-electron chi connectivity index (χ3n) is 24.0. The van der Waals surface area contributed by atoms with E-state index in [-0.39, 0.29) is 167 Å². The Kier molecular flexibility index (Phi) is 62.7. The average molecular weight is 2120 g/mol. The Hall–Kier alpha value is -13.6. The van der Waals surface area contributed by atoms with Crippen LogP contribution >= 0.6 is 0 Å². The van der Waals surface area contributed by atoms with E-state index in [1.165, 1.54) is 58.9 Å². The van der Waals surface area contributed by atoms with Crippen LogP contribution in [0.25, 0.3) is 0 Å². The molecule has 0 aliphatic carbocycles. The maximum Gasteiger partial charge on any atom is 0.326 e. The molecular formula is C94H163N29O26. The Balaban J connectivity index is 2.27. The number of phenols is 1. The van der Waals surface area contributed by atoms with Crippen molar-refractivity contribution in [1.29, 1.82) is 5.41 Å². The monoisotopic (exact) mass is 2110 g/mol. The fraction of sp³-hybridized carbons (Fsp3) is 0.691. The third kappa shape index (κ3) is 51.2. The van der Waals surface area contributed by atoms with Crippen LogP contribution in [0.4, 0.5) is 0 Å². The first-order valence-electron chi connectivity index (χ1n) is 50.6. The summed E-state index contributed by atoms with van der Waals surface area (Å²) in [5, 5.41) is 94.1. The standard InChI is InChI=1S/C94H163N29O26/c1-50(2)74(91(146)122-75(51(3)4)90(145)117-61(26-12-18-40-97)83(138)108-56(9)80(135)114-64(36-37-72(127)128)86(141)118-66(93(148)149)29-15-21-43-100)121-71(126)49-106-82(137)60(25-11-17-39-96)115-85(140)62(27-13-19-41-98)113-78(133)54(7)107-77(132)53(6)110-87(142)68(47-73(129)130)120-89(144)69-31-23-45-123(69)92(147)65(28-14-20-42-99)111-70(125)48-105-81(136)59(24-10-16-38-95)112-79(134)55(8)109-84(139)63(30-22-44-104-94(102)103)116-88(143)67(119-76(131)52(5)101)46-57-32-34-58(124)35-33-57/h32-35,50-56,59-69,74-75,124H,10-31,36-49,95-101H2,1-9H3,(H,105,136)(H,106,137)(H,107,132)(H,108,138)(H,109,139)(H,110,142)(H,111,125)(H,112,134)(H,113,133)(H,114,135)(H,115,140)(H,116,143)(H,117,145)(H,118,141)(H,119,131)(H,120,144)(H,121,126)(H,122,146)(H,127,128)(H,129,130)(H,148,149)(H4,102,103,104)/t52-,53-,54-,55-,56-,59-,60-,61-,62-,63-,64-,65-,66-,67-,68-,69-,74-,75-/m0/s1. The van der Waals surface area contributed by atoms with E-state index < -0.39 is 283 Å². The molecule has 2 rings (SSSR count). The number of amides is 19. The van der Waals surface area contributed by atoms with E-state index in [0.717, 1.165) is 4.90 Å². The molecule has 149 heavy (non-hydrogen) atoms. The van der Waals surface area contributed by atoms with Crippen molar-refractivity contribution in [3.63, 3.8) is 0 Å². The van der Waals surface area contributed by atoms with Gasteiger partial charge in [-0.3, -0.25) is 106 Å². The van der Waals surface area contributed by atoms with E-state index in [1.807, 2.05) is 0 Å². The summed E-state index contributed by atoms with van der Waals surface area (Å²) in [7, 11) is 0. The number of hydrogen-bond donors (Lipinski definition) is 32. The molecule has 1 aliphatic rings. The summed E-state index contributed by atoms with van der Waals surface area (Å²) in [4.78, 5) is 302. The molecule has 1 heterocycles. The number of guanidine groups is 1. The molecule has 18 atom stereocenters. The molecule has 0 spiro atoms. The second-order valence-electron chi connectivity index (χ2n) is 37.5. The molecule has 1 saturated heterocycles. The number of unbranched alkanes of at least 4 members (excludes halogenated alkanes) is 6. The second-order valence-corrected chi connectivity index (χ2v) is 37.5. The van der Waals surface area contributed by atoms with Gasteiger partial charge in [-0.15, -0.1) is 0 Å². The highest BCUT2D eigenvalue weighted by Crippen LogP contribution is 2.22. The van der Waals surface area contributed by atoms with Gasteiger partial charge in [0.05, 0.1) is 25.6 Å². The minimum atomic E-state index is -1.90. The molecule has 0 unspecified atom stereocenters. The van der Waals surface area contributed by atoms with Crippen LogP contribution in [0.2, 0.25) is 0 Å². The van der Waals surface area contributed by atoms with Gasteiger partial charge in [-0.1, -0.05) is 39.8 Å². The van der Waals surface area contributed by atoms with Gasteiger partial charge in [-0.05, 0) is 251 Å². The van der Waals surface area contributed by atoms with E-state index in [9.17, 15) is 126 Å². The molecule has 55 heteroatoms. The fourth-order valence-corrected chi connectivity index (χ4v) is 15.3. The van der Waals surface area contributed by atoms with E-state index in [2.05, 4.69) is 101 Å². The lowest BCUT2D eigenvalue weighted by molar-refractivity contribution is -0.144. The third-order valence-corrected chi connectivity index (χ3v) is 24.0. The number of carboxylic acids is 3. The molecule has 840 valence electrons. The largest absolute Gasteiger partial charge is 0.508 e. The number of carboxylic acid groups (broad SMARTS) is 3. The van der Waals surface area contributed by atoms with Crippen molar-refractivity contribution in [3.8, 4) is 5.75 Å².